The number of hydrogen-bond acceptors (Lipinski definition) is 6. The van der Waals surface area contributed by atoms with E-state index >= 15 is 0 Å². The van der Waals surface area contributed by atoms with E-state index in [4.69, 9.17) is 5.26 Å². The first-order valence-electron chi connectivity index (χ1n) is 9.09. The van der Waals surface area contributed by atoms with Crippen LogP contribution >= 0.6 is 11.8 Å². The average molecular weight is 501 g/mol. The predicted molar refractivity (Wildman–Crippen MR) is 111 cm³/mol. The van der Waals surface area contributed by atoms with Crippen molar-refractivity contribution in [1.82, 2.24) is 4.31 Å². The standard InChI is InChI=1S/C20H15F4N3O4S2/c1-19(11-32-15-7-4-13(21)5-8-15)17(28)26(18(29)27(19)33(2,30)31)14-6-3-12(10-25)16(9-14)20(22,23)24/h3-9H,11H2,1-2H3/t19-/m0/s1. The highest BCUT2D eigenvalue weighted by atomic mass is 32.2. The van der Waals surface area contributed by atoms with Crippen LogP contribution in [0.2, 0.25) is 0 Å². The highest BCUT2D eigenvalue weighted by Gasteiger charge is 2.59. The van der Waals surface area contributed by atoms with Crippen LogP contribution in [0.1, 0.15) is 18.1 Å². The number of benzene rings is 2. The first-order valence-corrected chi connectivity index (χ1v) is 11.9. The van der Waals surface area contributed by atoms with Crippen LogP contribution in [0.3, 0.4) is 0 Å². The zero-order valence-corrected chi connectivity index (χ0v) is 18.7. The van der Waals surface area contributed by atoms with Gasteiger partial charge in [0.2, 0.25) is 10.0 Å². The van der Waals surface area contributed by atoms with E-state index in [1.165, 1.54) is 25.1 Å². The van der Waals surface area contributed by atoms with Gasteiger partial charge in [-0.15, -0.1) is 11.8 Å². The number of halogens is 4. The molecule has 0 bridgehead atoms. The van der Waals surface area contributed by atoms with Crippen molar-refractivity contribution < 1.29 is 35.6 Å². The number of nitrogens with zero attached hydrogens (tertiary/aromatic N) is 3. The van der Waals surface area contributed by atoms with Gasteiger partial charge in [0.25, 0.3) is 5.91 Å². The fraction of sp³-hybridized carbons (Fsp3) is 0.250. The minimum Gasteiger partial charge on any atom is -0.271 e. The van der Waals surface area contributed by atoms with Crippen LogP contribution in [-0.4, -0.2) is 42.2 Å². The minimum atomic E-state index is -4.95. The Morgan fingerprint density at radius 1 is 1.12 bits per heavy atom. The van der Waals surface area contributed by atoms with Crippen molar-refractivity contribution in [3.05, 3.63) is 59.4 Å². The number of rotatable bonds is 5. The summed E-state index contributed by atoms with van der Waals surface area (Å²) >= 11 is 0.966. The maximum Gasteiger partial charge on any atom is 0.417 e. The number of thioether (sulfide) groups is 1. The van der Waals surface area contributed by atoms with Crippen LogP contribution in [0.15, 0.2) is 47.4 Å². The molecule has 0 aliphatic carbocycles. The summed E-state index contributed by atoms with van der Waals surface area (Å²) in [6.45, 7) is 1.18. The van der Waals surface area contributed by atoms with Gasteiger partial charge in [0, 0.05) is 10.6 Å². The zero-order valence-electron chi connectivity index (χ0n) is 17.1. The van der Waals surface area contributed by atoms with Gasteiger partial charge in [-0.05, 0) is 49.4 Å². The molecule has 0 N–H and O–H groups in total. The molecule has 0 saturated carbocycles. The smallest absolute Gasteiger partial charge is 0.271 e. The molecule has 3 rings (SSSR count). The van der Waals surface area contributed by atoms with E-state index in [0.29, 0.717) is 26.4 Å². The molecule has 0 radical (unpaired) electrons. The molecular weight excluding hydrogens is 486 g/mol. The number of carbonyl (C=O) groups is 2. The van der Waals surface area contributed by atoms with Gasteiger partial charge in [0.05, 0.1) is 29.1 Å². The highest BCUT2D eigenvalue weighted by Crippen LogP contribution is 2.40. The van der Waals surface area contributed by atoms with Crippen molar-refractivity contribution in [3.63, 3.8) is 0 Å². The maximum atomic E-state index is 13.4. The summed E-state index contributed by atoms with van der Waals surface area (Å²) in [5, 5.41) is 8.96. The second kappa shape index (κ2) is 8.35. The number of anilines is 1. The summed E-state index contributed by atoms with van der Waals surface area (Å²) in [6.07, 6.45) is -4.26. The lowest BCUT2D eigenvalue weighted by Gasteiger charge is -2.29. The zero-order chi connectivity index (χ0) is 24.8. The van der Waals surface area contributed by atoms with Crippen LogP contribution in [0.25, 0.3) is 0 Å². The average Bonchev–Trinajstić information content (AvgIpc) is 2.92. The number of urea groups is 1. The van der Waals surface area contributed by atoms with Crippen molar-refractivity contribution in [2.45, 2.75) is 23.5 Å². The molecule has 2 aromatic rings. The summed E-state index contributed by atoms with van der Waals surface area (Å²) in [5.74, 6) is -1.86. The lowest BCUT2D eigenvalue weighted by atomic mass is 10.0. The Morgan fingerprint density at radius 3 is 2.24 bits per heavy atom. The van der Waals surface area contributed by atoms with Crippen molar-refractivity contribution >= 4 is 39.4 Å². The summed E-state index contributed by atoms with van der Waals surface area (Å²) < 4.78 is 78.4. The van der Waals surface area contributed by atoms with Crippen molar-refractivity contribution in [2.24, 2.45) is 0 Å². The van der Waals surface area contributed by atoms with Gasteiger partial charge in [-0.3, -0.25) is 4.79 Å². The van der Waals surface area contributed by atoms with E-state index in [1.807, 2.05) is 0 Å². The molecule has 174 valence electrons. The Morgan fingerprint density at radius 2 is 1.73 bits per heavy atom. The lowest BCUT2D eigenvalue weighted by molar-refractivity contribution is -0.137. The van der Waals surface area contributed by atoms with Gasteiger partial charge >= 0.3 is 12.2 Å². The topological polar surface area (TPSA) is 98.5 Å². The molecule has 1 heterocycles. The van der Waals surface area contributed by atoms with Crippen molar-refractivity contribution in [2.75, 3.05) is 16.9 Å². The van der Waals surface area contributed by atoms with Crippen LogP contribution in [0.5, 0.6) is 0 Å². The van der Waals surface area contributed by atoms with E-state index in [9.17, 15) is 35.6 Å². The van der Waals surface area contributed by atoms with Gasteiger partial charge < -0.3 is 0 Å². The Hall–Kier alpha value is -3.11. The highest BCUT2D eigenvalue weighted by molar-refractivity contribution is 7.99. The van der Waals surface area contributed by atoms with Crippen LogP contribution in [-0.2, 0) is 21.0 Å². The lowest BCUT2D eigenvalue weighted by Crippen LogP contribution is -2.51. The monoisotopic (exact) mass is 501 g/mol. The van der Waals surface area contributed by atoms with Gasteiger partial charge in [-0.25, -0.2) is 26.8 Å². The van der Waals surface area contributed by atoms with E-state index in [-0.39, 0.29) is 5.75 Å². The molecule has 1 fully saturated rings. The molecule has 1 aliphatic rings. The Balaban J connectivity index is 2.07. The fourth-order valence-corrected chi connectivity index (χ4v) is 5.68. The minimum absolute atomic E-state index is 0.283. The molecule has 0 spiro atoms. The molecule has 0 aromatic heterocycles. The van der Waals surface area contributed by atoms with Gasteiger partial charge in [-0.2, -0.15) is 18.4 Å². The normalized spacial score (nSPS) is 19.2. The van der Waals surface area contributed by atoms with Gasteiger partial charge in [-0.1, -0.05) is 0 Å². The SMILES string of the molecule is C[C@]1(CSc2ccc(F)cc2)C(=O)N(c2ccc(C#N)c(C(F)(F)F)c2)C(=O)N1S(C)(=O)=O. The quantitative estimate of drug-likeness (QED) is 0.349. The third-order valence-corrected chi connectivity index (χ3v) is 7.36. The third kappa shape index (κ3) is 4.53. The maximum absolute atomic E-state index is 13.4. The molecule has 3 amide bonds. The van der Waals surface area contributed by atoms with E-state index < -0.39 is 56.3 Å². The molecule has 1 saturated heterocycles. The molecule has 0 unspecified atom stereocenters. The Kier molecular flexibility index (Phi) is 6.20. The number of nitriles is 1. The largest absolute Gasteiger partial charge is 0.417 e. The molecule has 13 heteroatoms. The summed E-state index contributed by atoms with van der Waals surface area (Å²) in [7, 11) is -4.32. The fourth-order valence-electron chi connectivity index (χ4n) is 3.33. The van der Waals surface area contributed by atoms with Gasteiger partial charge in [0.15, 0.2) is 0 Å². The van der Waals surface area contributed by atoms with E-state index in [2.05, 4.69) is 0 Å². The number of amides is 3. The third-order valence-electron chi connectivity index (χ3n) is 4.83. The molecule has 1 aliphatic heterocycles. The Labute approximate surface area is 190 Å². The summed E-state index contributed by atoms with van der Waals surface area (Å²) in [6, 6.07) is 7.35. The van der Waals surface area contributed by atoms with E-state index in [0.717, 1.165) is 36.0 Å². The van der Waals surface area contributed by atoms with Crippen molar-refractivity contribution in [3.8, 4) is 6.07 Å². The van der Waals surface area contributed by atoms with Gasteiger partial charge in [0.1, 0.15) is 11.4 Å². The molecule has 2 aromatic carbocycles. The Bertz CT molecular complexity index is 1270. The predicted octanol–water partition coefficient (Wildman–Crippen LogP) is 4.00. The molecule has 33 heavy (non-hydrogen) atoms. The first kappa shape index (κ1) is 24.5. The van der Waals surface area contributed by atoms with E-state index in [1.54, 1.807) is 0 Å². The summed E-state index contributed by atoms with van der Waals surface area (Å²) in [5.41, 5.74) is -4.60. The second-order valence-electron chi connectivity index (χ2n) is 7.31. The first-order chi connectivity index (χ1) is 15.2. The molecule has 1 atom stereocenters. The summed E-state index contributed by atoms with van der Waals surface area (Å²) in [4.78, 5) is 27.1. The number of carbonyl (C=O) groups excluding carboxylic acids is 2. The van der Waals surface area contributed by atoms with Crippen LogP contribution in [0, 0.1) is 17.1 Å². The second-order valence-corrected chi connectivity index (χ2v) is 10.2. The van der Waals surface area contributed by atoms with Crippen molar-refractivity contribution in [1.29, 1.82) is 5.26 Å². The molecule has 7 nitrogen and oxygen atoms in total. The van der Waals surface area contributed by atoms with Crippen LogP contribution in [0.4, 0.5) is 28.0 Å². The number of sulfonamides is 1. The number of imide groups is 1. The number of hydrogen-bond donors (Lipinski definition) is 0. The molecular formula is C20H15F4N3O4S2. The number of alkyl halides is 3. The van der Waals surface area contributed by atoms with Crippen LogP contribution < -0.4 is 4.90 Å².